The second-order valence-corrected chi connectivity index (χ2v) is 5.56. The highest BCUT2D eigenvalue weighted by Crippen LogP contribution is 2.25. The van der Waals surface area contributed by atoms with Crippen LogP contribution in [0, 0.1) is 0 Å². The van der Waals surface area contributed by atoms with Gasteiger partial charge in [-0.3, -0.25) is 4.79 Å². The molecule has 3 aromatic rings. The molecule has 0 saturated carbocycles. The van der Waals surface area contributed by atoms with Crippen LogP contribution >= 0.6 is 0 Å². The molecular weight excluding hydrogens is 318 g/mol. The lowest BCUT2D eigenvalue weighted by Crippen LogP contribution is -1.92. The minimum absolute atomic E-state index is 0.0921. The van der Waals surface area contributed by atoms with Crippen LogP contribution in [0.3, 0.4) is 0 Å². The summed E-state index contributed by atoms with van der Waals surface area (Å²) in [5.41, 5.74) is 2.34. The van der Waals surface area contributed by atoms with Crippen molar-refractivity contribution >= 4 is 34.5 Å². The average molecular weight is 333 g/mol. The third-order valence-corrected chi connectivity index (χ3v) is 3.91. The Hall–Kier alpha value is -3.41. The van der Waals surface area contributed by atoms with E-state index in [4.69, 9.17) is 9.47 Å². The molecule has 0 unspecified atom stereocenters. The van der Waals surface area contributed by atoms with Gasteiger partial charge in [0, 0.05) is 23.3 Å². The number of nitrogens with one attached hydrogen (secondary N) is 1. The number of allylic oxidation sites excluding steroid dienone is 1. The molecule has 25 heavy (non-hydrogen) atoms. The summed E-state index contributed by atoms with van der Waals surface area (Å²) in [7, 11) is 1.61. The topological polar surface area (TPSA) is 76.6 Å². The summed E-state index contributed by atoms with van der Waals surface area (Å²) >= 11 is 0. The fraction of sp³-hybridized carbons (Fsp3) is 0.105. The summed E-state index contributed by atoms with van der Waals surface area (Å²) in [4.78, 5) is 23.9. The number of aliphatic imine (C=N–C) groups is 1. The van der Waals surface area contributed by atoms with E-state index in [0.717, 1.165) is 22.3 Å². The molecule has 1 fully saturated rings. The summed E-state index contributed by atoms with van der Waals surface area (Å²) in [6.45, 7) is 0. The number of ketones is 1. The molecule has 6 heteroatoms. The van der Waals surface area contributed by atoms with Crippen molar-refractivity contribution in [2.24, 2.45) is 4.99 Å². The van der Waals surface area contributed by atoms with Gasteiger partial charge >= 0.3 is 0 Å². The zero-order valence-corrected chi connectivity index (χ0v) is 13.5. The lowest BCUT2D eigenvalue weighted by molar-refractivity contribution is -0.114. The SMILES string of the molecule is COc1ccc(N=C2CC(=O)/C(=C/c3c[nH]c4ncccc34)O2)cc1. The number of rotatable bonds is 3. The number of aromatic nitrogens is 2. The van der Waals surface area contributed by atoms with E-state index in [9.17, 15) is 4.79 Å². The molecule has 1 aromatic carbocycles. The quantitative estimate of drug-likeness (QED) is 0.743. The Bertz CT molecular complexity index is 1000. The Morgan fingerprint density at radius 2 is 2.12 bits per heavy atom. The highest BCUT2D eigenvalue weighted by molar-refractivity contribution is 6.15. The molecule has 0 atom stereocenters. The maximum Gasteiger partial charge on any atom is 0.207 e. The third-order valence-electron chi connectivity index (χ3n) is 3.91. The first-order chi connectivity index (χ1) is 12.2. The molecular formula is C19H15N3O3. The lowest BCUT2D eigenvalue weighted by atomic mass is 10.1. The van der Waals surface area contributed by atoms with E-state index in [1.54, 1.807) is 25.6 Å². The first-order valence-electron chi connectivity index (χ1n) is 7.79. The van der Waals surface area contributed by atoms with Gasteiger partial charge in [-0.1, -0.05) is 0 Å². The fourth-order valence-electron chi connectivity index (χ4n) is 2.66. The normalized spacial score (nSPS) is 17.4. The number of carbonyl (C=O) groups is 1. The average Bonchev–Trinajstić information content (AvgIpc) is 3.20. The van der Waals surface area contributed by atoms with Gasteiger partial charge in [0.05, 0.1) is 19.2 Å². The number of ether oxygens (including phenoxy) is 2. The van der Waals surface area contributed by atoms with Crippen molar-refractivity contribution in [3.05, 3.63) is 60.1 Å². The highest BCUT2D eigenvalue weighted by Gasteiger charge is 2.26. The number of benzene rings is 1. The predicted octanol–water partition coefficient (Wildman–Crippen LogP) is 3.63. The van der Waals surface area contributed by atoms with Crippen LogP contribution in [0.4, 0.5) is 5.69 Å². The van der Waals surface area contributed by atoms with E-state index in [-0.39, 0.29) is 18.0 Å². The van der Waals surface area contributed by atoms with E-state index >= 15 is 0 Å². The molecule has 1 aliphatic rings. The minimum atomic E-state index is -0.0921. The summed E-state index contributed by atoms with van der Waals surface area (Å²) in [5.74, 6) is 1.34. The summed E-state index contributed by atoms with van der Waals surface area (Å²) in [5, 5.41) is 0.937. The number of carbonyl (C=O) groups excluding carboxylic acids is 1. The van der Waals surface area contributed by atoms with Crippen LogP contribution in [0.15, 0.2) is 59.5 Å². The van der Waals surface area contributed by atoms with Crippen molar-refractivity contribution in [2.45, 2.75) is 6.42 Å². The minimum Gasteiger partial charge on any atom is -0.497 e. The molecule has 0 amide bonds. The molecule has 1 aliphatic heterocycles. The molecule has 0 aliphatic carbocycles. The summed E-state index contributed by atoms with van der Waals surface area (Å²) in [6.07, 6.45) is 5.39. The van der Waals surface area contributed by atoms with Crippen LogP contribution in [0.2, 0.25) is 0 Å². The van der Waals surface area contributed by atoms with Crippen LogP contribution in [0.5, 0.6) is 5.75 Å². The van der Waals surface area contributed by atoms with Gasteiger partial charge in [-0.25, -0.2) is 9.98 Å². The van der Waals surface area contributed by atoms with E-state index in [2.05, 4.69) is 15.0 Å². The van der Waals surface area contributed by atoms with Crippen LogP contribution in [0.1, 0.15) is 12.0 Å². The maximum atomic E-state index is 12.2. The molecule has 0 radical (unpaired) electrons. The number of hydrogen-bond donors (Lipinski definition) is 1. The molecule has 1 N–H and O–H groups in total. The fourth-order valence-corrected chi connectivity index (χ4v) is 2.66. The van der Waals surface area contributed by atoms with Gasteiger partial charge in [0.2, 0.25) is 11.7 Å². The molecule has 3 heterocycles. The Morgan fingerprint density at radius 3 is 2.92 bits per heavy atom. The van der Waals surface area contributed by atoms with Gasteiger partial charge in [0.1, 0.15) is 11.4 Å². The predicted molar refractivity (Wildman–Crippen MR) is 94.9 cm³/mol. The molecule has 1 saturated heterocycles. The number of pyridine rings is 1. The number of Topliss-reactive ketones (excluding diaryl/α,β-unsaturated/α-hetero) is 1. The molecule has 2 aromatic heterocycles. The number of methoxy groups -OCH3 is 1. The molecule has 124 valence electrons. The van der Waals surface area contributed by atoms with E-state index in [1.165, 1.54) is 0 Å². The number of hydrogen-bond acceptors (Lipinski definition) is 5. The van der Waals surface area contributed by atoms with Gasteiger partial charge in [-0.05, 0) is 42.5 Å². The van der Waals surface area contributed by atoms with Crippen molar-refractivity contribution in [3.8, 4) is 5.75 Å². The number of H-pyrrole nitrogens is 1. The highest BCUT2D eigenvalue weighted by atomic mass is 16.5. The molecule has 0 bridgehead atoms. The lowest BCUT2D eigenvalue weighted by Gasteiger charge is -2.01. The van der Waals surface area contributed by atoms with Crippen molar-refractivity contribution in [1.82, 2.24) is 9.97 Å². The number of fused-ring (bicyclic) bond motifs is 1. The van der Waals surface area contributed by atoms with Crippen molar-refractivity contribution in [1.29, 1.82) is 0 Å². The van der Waals surface area contributed by atoms with Gasteiger partial charge in [-0.2, -0.15) is 0 Å². The van der Waals surface area contributed by atoms with Crippen molar-refractivity contribution in [3.63, 3.8) is 0 Å². The van der Waals surface area contributed by atoms with Crippen LogP contribution in [0.25, 0.3) is 17.1 Å². The van der Waals surface area contributed by atoms with Gasteiger partial charge in [0.15, 0.2) is 5.76 Å². The molecule has 0 spiro atoms. The largest absolute Gasteiger partial charge is 0.497 e. The van der Waals surface area contributed by atoms with E-state index in [0.29, 0.717) is 11.6 Å². The Morgan fingerprint density at radius 1 is 1.28 bits per heavy atom. The first kappa shape index (κ1) is 15.1. The Kier molecular flexibility index (Phi) is 3.78. The second kappa shape index (κ2) is 6.24. The maximum absolute atomic E-state index is 12.2. The zero-order chi connectivity index (χ0) is 17.2. The monoisotopic (exact) mass is 333 g/mol. The zero-order valence-electron chi connectivity index (χ0n) is 13.5. The molecule has 4 rings (SSSR count). The first-order valence-corrected chi connectivity index (χ1v) is 7.79. The van der Waals surface area contributed by atoms with Crippen LogP contribution < -0.4 is 4.74 Å². The van der Waals surface area contributed by atoms with Crippen molar-refractivity contribution in [2.75, 3.05) is 7.11 Å². The van der Waals surface area contributed by atoms with Crippen molar-refractivity contribution < 1.29 is 14.3 Å². The summed E-state index contributed by atoms with van der Waals surface area (Å²) in [6, 6.07) is 11.0. The van der Waals surface area contributed by atoms with Gasteiger partial charge in [0.25, 0.3) is 0 Å². The molecule has 6 nitrogen and oxygen atoms in total. The standard InChI is InChI=1S/C19H15N3O3/c1-24-14-6-4-13(5-7-14)22-18-10-16(23)17(25-18)9-12-11-21-19-15(12)3-2-8-20-19/h2-9,11H,10H2,1H3,(H,20,21)/b17-9-,22-18?. The third kappa shape index (κ3) is 3.01. The van der Waals surface area contributed by atoms with Gasteiger partial charge in [-0.15, -0.1) is 0 Å². The number of nitrogens with zero attached hydrogens (tertiary/aromatic N) is 2. The van der Waals surface area contributed by atoms with Crippen LogP contribution in [-0.4, -0.2) is 28.8 Å². The Balaban J connectivity index is 1.60. The van der Waals surface area contributed by atoms with E-state index in [1.807, 2.05) is 36.4 Å². The Labute approximate surface area is 143 Å². The van der Waals surface area contributed by atoms with E-state index < -0.39 is 0 Å². The second-order valence-electron chi connectivity index (χ2n) is 5.56. The van der Waals surface area contributed by atoms with Gasteiger partial charge < -0.3 is 14.5 Å². The van der Waals surface area contributed by atoms with Crippen LogP contribution in [-0.2, 0) is 9.53 Å². The smallest absolute Gasteiger partial charge is 0.207 e. The summed E-state index contributed by atoms with van der Waals surface area (Å²) < 4.78 is 10.8. The number of aromatic amines is 1.